The van der Waals surface area contributed by atoms with Crippen LogP contribution in [0.1, 0.15) is 20.3 Å². The molecule has 1 atom stereocenters. The van der Waals surface area contributed by atoms with Crippen molar-refractivity contribution in [3.63, 3.8) is 0 Å². The van der Waals surface area contributed by atoms with Gasteiger partial charge in [0.25, 0.3) is 0 Å². The number of carbonyl (C=O) groups is 2. The number of ketones is 1. The van der Waals surface area contributed by atoms with Crippen LogP contribution in [0.2, 0.25) is 0 Å². The fraction of sp³-hybridized carbons (Fsp3) is 0.714. The molecule has 0 aromatic carbocycles. The van der Waals surface area contributed by atoms with Crippen LogP contribution in [0.25, 0.3) is 0 Å². The summed E-state index contributed by atoms with van der Waals surface area (Å²) in [4.78, 5) is 21.1. The van der Waals surface area contributed by atoms with Gasteiger partial charge in [-0.05, 0) is 0 Å². The van der Waals surface area contributed by atoms with E-state index in [1.54, 1.807) is 13.8 Å². The van der Waals surface area contributed by atoms with Gasteiger partial charge in [-0.2, -0.15) is 0 Å². The molecule has 0 aliphatic carbocycles. The Labute approximate surface area is 285 Å². The number of carbonyl (C=O) groups excluding carboxylic acids is 1. The first-order valence-corrected chi connectivity index (χ1v) is 3.46. The summed E-state index contributed by atoms with van der Waals surface area (Å²) in [5.74, 6) is -1.43. The minimum atomic E-state index is -1.04. The SMILES string of the molecule is CC(C)C(=O)[C@@H](N)CC(=O)O.[Y].[Y].[Y].[Y].[Y].[Y].[Y]. The van der Waals surface area contributed by atoms with Gasteiger partial charge >= 0.3 is 5.97 Å². The summed E-state index contributed by atoms with van der Waals surface area (Å²) in [6, 6.07) is -0.854. The third-order valence-electron chi connectivity index (χ3n) is 1.33. The van der Waals surface area contributed by atoms with Crippen LogP contribution in [0, 0.1) is 5.92 Å². The molecule has 0 spiro atoms. The van der Waals surface area contributed by atoms with Gasteiger partial charge in [0, 0.05) is 235 Å². The average molecular weight is 782 g/mol. The molecule has 11 heteroatoms. The van der Waals surface area contributed by atoms with Crippen LogP contribution in [-0.4, -0.2) is 22.9 Å². The maximum Gasteiger partial charge on any atom is 0.305 e. The number of rotatable bonds is 4. The zero-order valence-electron chi connectivity index (χ0n) is 10.7. The van der Waals surface area contributed by atoms with Gasteiger partial charge in [0.1, 0.15) is 0 Å². The van der Waals surface area contributed by atoms with E-state index in [2.05, 4.69) is 0 Å². The maximum atomic E-state index is 11.0. The Morgan fingerprint density at radius 2 is 1.22 bits per heavy atom. The smallest absolute Gasteiger partial charge is 0.305 e. The van der Waals surface area contributed by atoms with Crippen LogP contribution in [0.4, 0.5) is 0 Å². The van der Waals surface area contributed by atoms with Crippen LogP contribution >= 0.6 is 0 Å². The van der Waals surface area contributed by atoms with E-state index >= 15 is 0 Å². The Bertz CT molecular complexity index is 182. The van der Waals surface area contributed by atoms with Crippen molar-refractivity contribution in [2.75, 3.05) is 0 Å². The summed E-state index contributed by atoms with van der Waals surface area (Å²) in [6.07, 6.45) is -0.281. The summed E-state index contributed by atoms with van der Waals surface area (Å²) in [5, 5.41) is 8.28. The van der Waals surface area contributed by atoms with Crippen molar-refractivity contribution in [2.45, 2.75) is 26.3 Å². The van der Waals surface area contributed by atoms with E-state index in [4.69, 9.17) is 10.8 Å². The number of hydrogen-bond acceptors (Lipinski definition) is 3. The van der Waals surface area contributed by atoms with E-state index < -0.39 is 12.0 Å². The topological polar surface area (TPSA) is 80.4 Å². The van der Waals surface area contributed by atoms with Crippen LogP contribution in [-0.2, 0) is 239 Å². The van der Waals surface area contributed by atoms with Gasteiger partial charge in [-0.25, -0.2) is 0 Å². The molecule has 0 amide bonds. The quantitative estimate of drug-likeness (QED) is 0.422. The van der Waals surface area contributed by atoms with Crippen LogP contribution < -0.4 is 5.73 Å². The van der Waals surface area contributed by atoms with E-state index in [-0.39, 0.29) is 247 Å². The van der Waals surface area contributed by atoms with E-state index in [9.17, 15) is 9.59 Å². The summed E-state index contributed by atoms with van der Waals surface area (Å²) >= 11 is 0. The van der Waals surface area contributed by atoms with Crippen LogP contribution in [0.15, 0.2) is 0 Å². The minimum Gasteiger partial charge on any atom is -0.481 e. The molecule has 0 aromatic rings. The van der Waals surface area contributed by atoms with E-state index in [0.29, 0.717) is 0 Å². The van der Waals surface area contributed by atoms with Gasteiger partial charge in [0.2, 0.25) is 0 Å². The summed E-state index contributed by atoms with van der Waals surface area (Å²) in [5.41, 5.74) is 5.29. The van der Waals surface area contributed by atoms with Gasteiger partial charge in [-0.1, -0.05) is 13.8 Å². The standard InChI is InChI=1S/C7H13NO3.7Y/c1-4(2)7(11)5(8)3-6(9)10;;;;;;;/h4-5H,3,8H2,1-2H3,(H,9,10);;;;;;;/t5-;;;;;;;/m0......./s1. The zero-order chi connectivity index (χ0) is 9.02. The second kappa shape index (κ2) is 31.6. The molecule has 0 saturated carbocycles. The molecule has 3 N–H and O–H groups in total. The monoisotopic (exact) mass is 781 g/mol. The number of carboxylic acids is 1. The molecule has 0 heterocycles. The molecular weight excluding hydrogens is 768 g/mol. The Morgan fingerprint density at radius 1 is 0.944 bits per heavy atom. The van der Waals surface area contributed by atoms with Crippen molar-refractivity contribution < 1.29 is 244 Å². The van der Waals surface area contributed by atoms with E-state index in [0.717, 1.165) is 0 Å². The molecule has 0 saturated heterocycles. The largest absolute Gasteiger partial charge is 0.481 e. The van der Waals surface area contributed by atoms with Gasteiger partial charge in [0.05, 0.1) is 12.5 Å². The third-order valence-corrected chi connectivity index (χ3v) is 1.33. The molecule has 0 aromatic heterocycles. The molecule has 0 unspecified atom stereocenters. The summed E-state index contributed by atoms with van der Waals surface area (Å²) < 4.78 is 0. The number of Topliss-reactive ketones (excluding diaryl/α,β-unsaturated/α-hetero) is 1. The second-order valence-corrected chi connectivity index (χ2v) is 2.76. The molecule has 7 radical (unpaired) electrons. The predicted molar refractivity (Wildman–Crippen MR) is 40.1 cm³/mol. The van der Waals surface area contributed by atoms with Gasteiger partial charge in [-0.15, -0.1) is 0 Å². The summed E-state index contributed by atoms with van der Waals surface area (Å²) in [7, 11) is 0. The third kappa shape index (κ3) is 30.7. The van der Waals surface area contributed by atoms with E-state index in [1.807, 2.05) is 0 Å². The average Bonchev–Trinajstić information content (AvgIpc) is 1.84. The first-order chi connectivity index (χ1) is 4.95. The van der Waals surface area contributed by atoms with Crippen molar-refractivity contribution >= 4 is 11.8 Å². The molecule has 0 bridgehead atoms. The molecule has 0 fully saturated rings. The Balaban J connectivity index is -0.0000000238. The number of aliphatic carboxylic acids is 1. The molecule has 85 valence electrons. The molecule has 4 nitrogen and oxygen atoms in total. The Hall–Kier alpha value is 6.83. The molecular formula is C7H13NO3Y7. The van der Waals surface area contributed by atoms with Crippen molar-refractivity contribution in [1.29, 1.82) is 0 Å². The van der Waals surface area contributed by atoms with Crippen molar-refractivity contribution in [3.8, 4) is 0 Å². The number of hydrogen-bond donors (Lipinski definition) is 2. The predicted octanol–water partition coefficient (Wildman–Crippen LogP) is -0.00400. The fourth-order valence-electron chi connectivity index (χ4n) is 0.717. The zero-order valence-corrected chi connectivity index (χ0v) is 30.6. The molecule has 0 aliphatic heterocycles. The number of nitrogens with two attached hydrogens (primary N) is 1. The Morgan fingerprint density at radius 3 is 1.39 bits per heavy atom. The summed E-state index contributed by atoms with van der Waals surface area (Å²) in [6.45, 7) is 3.40. The molecule has 0 rings (SSSR count). The maximum absolute atomic E-state index is 11.0. The van der Waals surface area contributed by atoms with Crippen molar-refractivity contribution in [1.82, 2.24) is 0 Å². The van der Waals surface area contributed by atoms with Crippen LogP contribution in [0.3, 0.4) is 0 Å². The number of carboxylic acid groups (broad SMARTS) is 1. The van der Waals surface area contributed by atoms with Gasteiger partial charge in [0.15, 0.2) is 5.78 Å². The first-order valence-electron chi connectivity index (χ1n) is 3.46. The van der Waals surface area contributed by atoms with E-state index in [1.165, 1.54) is 0 Å². The first kappa shape index (κ1) is 49.8. The fourth-order valence-corrected chi connectivity index (χ4v) is 0.717. The van der Waals surface area contributed by atoms with Gasteiger partial charge < -0.3 is 10.8 Å². The minimum absolute atomic E-state index is 0. The molecule has 0 aliphatic rings. The van der Waals surface area contributed by atoms with Crippen molar-refractivity contribution in [3.05, 3.63) is 0 Å². The molecule has 18 heavy (non-hydrogen) atoms. The Kier molecular flexibility index (Phi) is 87.3. The van der Waals surface area contributed by atoms with Crippen molar-refractivity contribution in [2.24, 2.45) is 11.7 Å². The van der Waals surface area contributed by atoms with Gasteiger partial charge in [-0.3, -0.25) is 9.59 Å². The van der Waals surface area contributed by atoms with Crippen LogP contribution in [0.5, 0.6) is 0 Å². The second-order valence-electron chi connectivity index (χ2n) is 2.76. The normalized spacial score (nSPS) is 8.00.